The molecule has 8 heteroatoms. The van der Waals surface area contributed by atoms with Gasteiger partial charge < -0.3 is 15.0 Å². The van der Waals surface area contributed by atoms with Crippen molar-refractivity contribution in [3.05, 3.63) is 35.9 Å². The Morgan fingerprint density at radius 2 is 1.96 bits per heavy atom. The van der Waals surface area contributed by atoms with Crippen LogP contribution >= 0.6 is 0 Å². The fraction of sp³-hybridized carbons (Fsp3) is 0.188. The molecule has 0 unspecified atom stereocenters. The Morgan fingerprint density at radius 1 is 1.25 bits per heavy atom. The monoisotopic (exact) mass is 347 g/mol. The molecule has 1 amide bonds. The molecule has 0 saturated carbocycles. The molecule has 0 radical (unpaired) electrons. The first-order valence-corrected chi connectivity index (χ1v) is 8.99. The van der Waals surface area contributed by atoms with Crippen LogP contribution < -0.4 is 15.2 Å². The lowest BCUT2D eigenvalue weighted by molar-refractivity contribution is 0.100. The lowest BCUT2D eigenvalue weighted by atomic mass is 10.0. The van der Waals surface area contributed by atoms with Crippen molar-refractivity contribution in [2.45, 2.75) is 0 Å². The molecule has 0 saturated heterocycles. The van der Waals surface area contributed by atoms with Gasteiger partial charge in [-0.2, -0.15) is 0 Å². The molecule has 0 aliphatic rings. The van der Waals surface area contributed by atoms with Gasteiger partial charge in [0.15, 0.2) is 0 Å². The molecule has 0 fully saturated rings. The van der Waals surface area contributed by atoms with Crippen molar-refractivity contribution in [1.82, 2.24) is 4.57 Å². The predicted octanol–water partition coefficient (Wildman–Crippen LogP) is 1.81. The fourth-order valence-electron chi connectivity index (χ4n) is 2.97. The number of rotatable bonds is 4. The molecular formula is C16H17N3O4S. The van der Waals surface area contributed by atoms with Crippen LogP contribution in [0.4, 0.5) is 5.69 Å². The number of hydrogen-bond acceptors (Lipinski definition) is 4. The van der Waals surface area contributed by atoms with E-state index in [1.807, 2.05) is 11.6 Å². The van der Waals surface area contributed by atoms with Crippen LogP contribution in [-0.4, -0.2) is 32.3 Å². The first kappa shape index (κ1) is 16.1. The van der Waals surface area contributed by atoms with E-state index in [0.29, 0.717) is 27.8 Å². The number of aromatic nitrogens is 1. The summed E-state index contributed by atoms with van der Waals surface area (Å²) in [6.07, 6.45) is 1.08. The lowest BCUT2D eigenvalue weighted by Crippen LogP contribution is -2.11. The molecule has 0 aliphatic heterocycles. The Bertz CT molecular complexity index is 1080. The Kier molecular flexibility index (Phi) is 3.64. The van der Waals surface area contributed by atoms with Crippen LogP contribution in [0.2, 0.25) is 0 Å². The van der Waals surface area contributed by atoms with E-state index >= 15 is 0 Å². The van der Waals surface area contributed by atoms with Crippen LogP contribution in [-0.2, 0) is 17.1 Å². The van der Waals surface area contributed by atoms with Crippen molar-refractivity contribution in [1.29, 1.82) is 0 Å². The Balaban J connectivity index is 2.45. The van der Waals surface area contributed by atoms with Crippen molar-refractivity contribution in [2.75, 3.05) is 18.1 Å². The number of carbonyl (C=O) groups is 1. The summed E-state index contributed by atoms with van der Waals surface area (Å²) in [4.78, 5) is 11.8. The summed E-state index contributed by atoms with van der Waals surface area (Å²) in [5.41, 5.74) is 7.83. The zero-order valence-electron chi connectivity index (χ0n) is 13.5. The summed E-state index contributed by atoms with van der Waals surface area (Å²) >= 11 is 0. The molecule has 0 aliphatic carbocycles. The van der Waals surface area contributed by atoms with Crippen molar-refractivity contribution >= 4 is 43.4 Å². The third-order valence-corrected chi connectivity index (χ3v) is 4.50. The number of nitrogens with zero attached hydrogens (tertiary/aromatic N) is 1. The maximum atomic E-state index is 11.8. The van der Waals surface area contributed by atoms with Crippen LogP contribution in [0.5, 0.6) is 5.75 Å². The maximum absolute atomic E-state index is 11.8. The summed E-state index contributed by atoms with van der Waals surface area (Å²) in [6, 6.07) is 8.44. The van der Waals surface area contributed by atoms with E-state index < -0.39 is 15.9 Å². The molecule has 3 aromatic rings. The molecule has 3 rings (SSSR count). The van der Waals surface area contributed by atoms with Gasteiger partial charge in [-0.3, -0.25) is 9.52 Å². The van der Waals surface area contributed by atoms with E-state index in [4.69, 9.17) is 10.5 Å². The number of fused-ring (bicyclic) bond motifs is 3. The smallest absolute Gasteiger partial charge is 0.249 e. The average molecular weight is 347 g/mol. The lowest BCUT2D eigenvalue weighted by Gasteiger charge is -2.07. The van der Waals surface area contributed by atoms with Gasteiger partial charge in [-0.1, -0.05) is 0 Å². The number of methoxy groups -OCH3 is 1. The van der Waals surface area contributed by atoms with Gasteiger partial charge in [-0.15, -0.1) is 0 Å². The van der Waals surface area contributed by atoms with Gasteiger partial charge in [-0.05, 0) is 30.3 Å². The summed E-state index contributed by atoms with van der Waals surface area (Å²) < 4.78 is 32.7. The van der Waals surface area contributed by atoms with E-state index in [9.17, 15) is 13.2 Å². The van der Waals surface area contributed by atoms with Gasteiger partial charge >= 0.3 is 0 Å². The van der Waals surface area contributed by atoms with E-state index in [-0.39, 0.29) is 0 Å². The van der Waals surface area contributed by atoms with E-state index in [2.05, 4.69) is 4.72 Å². The molecule has 1 heterocycles. The van der Waals surface area contributed by atoms with Crippen LogP contribution in [0.15, 0.2) is 30.3 Å². The van der Waals surface area contributed by atoms with Gasteiger partial charge in [0.1, 0.15) is 5.75 Å². The standard InChI is InChI=1S/C16H17N3O4S/c1-19-12-6-4-9(18-24(3,21)22)8-11(12)14-10(16(17)20)5-7-13(23-2)15(14)19/h4-8,18H,1-3H3,(H2,17,20). The van der Waals surface area contributed by atoms with Crippen LogP contribution in [0.1, 0.15) is 10.4 Å². The third-order valence-electron chi connectivity index (χ3n) is 3.89. The molecule has 0 spiro atoms. The highest BCUT2D eigenvalue weighted by Gasteiger charge is 2.19. The van der Waals surface area contributed by atoms with Gasteiger partial charge in [0, 0.05) is 34.6 Å². The summed E-state index contributed by atoms with van der Waals surface area (Å²) in [5, 5.41) is 1.35. The largest absolute Gasteiger partial charge is 0.495 e. The summed E-state index contributed by atoms with van der Waals surface area (Å²) in [7, 11) is -0.00723. The number of nitrogens with one attached hydrogen (secondary N) is 1. The highest BCUT2D eigenvalue weighted by Crippen LogP contribution is 2.37. The minimum atomic E-state index is -3.40. The molecular weight excluding hydrogens is 330 g/mol. The number of hydrogen-bond donors (Lipinski definition) is 2. The van der Waals surface area contributed by atoms with Gasteiger partial charge in [0.2, 0.25) is 15.9 Å². The number of ether oxygens (including phenoxy) is 1. The van der Waals surface area contributed by atoms with Crippen LogP contribution in [0.25, 0.3) is 21.8 Å². The molecule has 1 aromatic heterocycles. The fourth-order valence-corrected chi connectivity index (χ4v) is 3.53. The Morgan fingerprint density at radius 3 is 2.54 bits per heavy atom. The SMILES string of the molecule is COc1ccc(C(N)=O)c2c3cc(NS(C)(=O)=O)ccc3n(C)c12. The number of sulfonamides is 1. The third kappa shape index (κ3) is 2.54. The molecule has 24 heavy (non-hydrogen) atoms. The normalized spacial score (nSPS) is 11.8. The van der Waals surface area contributed by atoms with Crippen molar-refractivity contribution in [3.63, 3.8) is 0 Å². The topological polar surface area (TPSA) is 103 Å². The number of amides is 1. The number of anilines is 1. The van der Waals surface area contributed by atoms with E-state index in [1.165, 1.54) is 0 Å². The zero-order valence-corrected chi connectivity index (χ0v) is 14.3. The second-order valence-electron chi connectivity index (χ2n) is 5.57. The van der Waals surface area contributed by atoms with Gasteiger partial charge in [0.25, 0.3) is 0 Å². The van der Waals surface area contributed by atoms with Crippen LogP contribution in [0.3, 0.4) is 0 Å². The van der Waals surface area contributed by atoms with Crippen LogP contribution in [0, 0.1) is 0 Å². The minimum Gasteiger partial charge on any atom is -0.495 e. The minimum absolute atomic E-state index is 0.355. The van der Waals surface area contributed by atoms with Gasteiger partial charge in [0.05, 0.1) is 18.9 Å². The summed E-state index contributed by atoms with van der Waals surface area (Å²) in [6.45, 7) is 0. The predicted molar refractivity (Wildman–Crippen MR) is 94.0 cm³/mol. The van der Waals surface area contributed by atoms with Crippen molar-refractivity contribution in [2.24, 2.45) is 12.8 Å². The average Bonchev–Trinajstić information content (AvgIpc) is 2.78. The molecule has 0 bridgehead atoms. The first-order chi connectivity index (χ1) is 11.2. The Labute approximate surface area is 139 Å². The summed E-state index contributed by atoms with van der Waals surface area (Å²) in [5.74, 6) is 0.0444. The van der Waals surface area contributed by atoms with E-state index in [0.717, 1.165) is 17.3 Å². The highest BCUT2D eigenvalue weighted by atomic mass is 32.2. The molecule has 3 N–H and O–H groups in total. The number of primary amides is 1. The number of benzene rings is 2. The number of aryl methyl sites for hydroxylation is 1. The number of carbonyl (C=O) groups excluding carboxylic acids is 1. The highest BCUT2D eigenvalue weighted by molar-refractivity contribution is 7.92. The maximum Gasteiger partial charge on any atom is 0.249 e. The first-order valence-electron chi connectivity index (χ1n) is 7.09. The second-order valence-corrected chi connectivity index (χ2v) is 7.32. The second kappa shape index (κ2) is 5.41. The molecule has 2 aromatic carbocycles. The molecule has 7 nitrogen and oxygen atoms in total. The number of nitrogens with two attached hydrogens (primary N) is 1. The van der Waals surface area contributed by atoms with Gasteiger partial charge in [-0.25, -0.2) is 8.42 Å². The zero-order chi connectivity index (χ0) is 17.6. The van der Waals surface area contributed by atoms with Crippen molar-refractivity contribution < 1.29 is 17.9 Å². The van der Waals surface area contributed by atoms with Crippen molar-refractivity contribution in [3.8, 4) is 5.75 Å². The molecule has 126 valence electrons. The molecule has 0 atom stereocenters. The van der Waals surface area contributed by atoms with E-state index in [1.54, 1.807) is 37.4 Å². The Hall–Kier alpha value is -2.74. The quantitative estimate of drug-likeness (QED) is 0.751.